The Morgan fingerprint density at radius 1 is 1.41 bits per heavy atom. The number of oxime groups is 1. The van der Waals surface area contributed by atoms with Crippen LogP contribution < -0.4 is 22.5 Å². The number of fused-ring (bicyclic) bond motifs is 1. The van der Waals surface area contributed by atoms with Gasteiger partial charge in [-0.1, -0.05) is 39.9 Å². The van der Waals surface area contributed by atoms with E-state index in [1.54, 1.807) is 30.2 Å². The Kier molecular flexibility index (Phi) is 11.6. The van der Waals surface area contributed by atoms with Gasteiger partial charge in [0.1, 0.15) is 40.4 Å². The van der Waals surface area contributed by atoms with Gasteiger partial charge in [-0.2, -0.15) is 11.8 Å². The topological polar surface area (TPSA) is 224 Å². The third kappa shape index (κ3) is 7.87. The van der Waals surface area contributed by atoms with Gasteiger partial charge in [-0.15, -0.1) is 11.8 Å². The van der Waals surface area contributed by atoms with Crippen LogP contribution in [0.1, 0.15) is 18.2 Å². The molecule has 0 radical (unpaired) electrons. The van der Waals surface area contributed by atoms with Gasteiger partial charge in [0, 0.05) is 39.5 Å². The second-order valence-electron chi connectivity index (χ2n) is 9.08. The molecule has 20 heteroatoms. The molecule has 236 valence electrons. The zero-order valence-electron chi connectivity index (χ0n) is 22.9. The van der Waals surface area contributed by atoms with Crippen molar-refractivity contribution < 1.29 is 28.7 Å². The number of alkyl halides is 1. The largest absolute Gasteiger partial charge is 0.477 e. The van der Waals surface area contributed by atoms with Gasteiger partial charge >= 0.3 is 5.97 Å². The number of halogens is 2. The molecule has 0 spiro atoms. The number of nitrogen functional groups attached to an aromatic ring is 1. The van der Waals surface area contributed by atoms with E-state index in [1.807, 2.05) is 6.92 Å². The summed E-state index contributed by atoms with van der Waals surface area (Å²) in [5.74, 6) is -1.26. The highest BCUT2D eigenvalue weighted by molar-refractivity contribution is 8.06. The average Bonchev–Trinajstić information content (AvgIpc) is 3.30. The fourth-order valence-corrected chi connectivity index (χ4v) is 8.64. The molecule has 8 N–H and O–H groups in total. The van der Waals surface area contributed by atoms with Gasteiger partial charge in [0.05, 0.1) is 6.04 Å². The number of carboxylic acid groups (broad SMARTS) is 1. The zero-order chi connectivity index (χ0) is 32.0. The van der Waals surface area contributed by atoms with Crippen molar-refractivity contribution in [1.82, 2.24) is 20.2 Å². The first-order valence-electron chi connectivity index (χ1n) is 12.7. The molecule has 2 aromatic rings. The number of nitrogens with zero attached hydrogens (tertiary/aromatic N) is 5. The Morgan fingerprint density at radius 2 is 2.18 bits per heavy atom. The summed E-state index contributed by atoms with van der Waals surface area (Å²) in [6.07, 6.45) is 3.32. The van der Waals surface area contributed by atoms with Gasteiger partial charge in [0.25, 0.3) is 11.8 Å². The summed E-state index contributed by atoms with van der Waals surface area (Å²) in [5.41, 5.74) is 16.8. The number of thiazole rings is 1. The first-order valence-corrected chi connectivity index (χ1v) is 16.9. The molecule has 2 aromatic heterocycles. The Hall–Kier alpha value is -3.26. The molecule has 2 aliphatic rings. The van der Waals surface area contributed by atoms with Crippen molar-refractivity contribution in [2.75, 3.05) is 30.5 Å². The first kappa shape index (κ1) is 33.6. The Balaban J connectivity index is 1.49. The standard InChI is InChI=1S/C24H27ClFN9O5S4/c1-10(31-23(27)28)7-41-8-11-6-30-4-2-12(11)43-13-9-42-21-16(20(37)35(21)17(13)22(38)39)32-19(36)15(34-40-5-3-26)14-18(25)44-24(29)33-14/h2,4,6,10,16,21H,3,5,7-9H2,1H3,(H2,29,33)(H,32,36)(H,38,39)(H4,27,28,31)/b34-15-/t10?,16-,21-/m1/s1. The predicted molar refractivity (Wildman–Crippen MR) is 171 cm³/mol. The SMILES string of the molecule is CC(CSCc1cnccc1SC1=C(C(=O)O)N2C(=O)[C@@H](NC(=O)/C(=N\OCCF)c3nc(N)sc3Cl)[C@H]2SC1)N=C(N)N. The molecule has 0 aliphatic carbocycles. The molecule has 2 aliphatic heterocycles. The van der Waals surface area contributed by atoms with Crippen LogP contribution in [0.3, 0.4) is 0 Å². The van der Waals surface area contributed by atoms with Crippen molar-refractivity contribution in [3.05, 3.63) is 44.7 Å². The van der Waals surface area contributed by atoms with Crippen LogP contribution in [0.4, 0.5) is 9.52 Å². The molecular formula is C24H27ClFN9O5S4. The van der Waals surface area contributed by atoms with E-state index in [-0.39, 0.29) is 38.6 Å². The third-order valence-corrected chi connectivity index (χ3v) is 10.8. The number of guanidine groups is 1. The minimum absolute atomic E-state index is 0.0181. The maximum atomic E-state index is 13.3. The first-order chi connectivity index (χ1) is 21.0. The lowest BCUT2D eigenvalue weighted by Crippen LogP contribution is -2.71. The fourth-order valence-electron chi connectivity index (χ4n) is 4.07. The van der Waals surface area contributed by atoms with E-state index in [2.05, 4.69) is 25.4 Å². The van der Waals surface area contributed by atoms with Gasteiger partial charge in [0.2, 0.25) is 0 Å². The van der Waals surface area contributed by atoms with Gasteiger partial charge in [-0.3, -0.25) is 19.5 Å². The van der Waals surface area contributed by atoms with Gasteiger partial charge in [-0.05, 0) is 18.6 Å². The van der Waals surface area contributed by atoms with Crippen molar-refractivity contribution in [1.29, 1.82) is 0 Å². The highest BCUT2D eigenvalue weighted by Gasteiger charge is 2.54. The maximum Gasteiger partial charge on any atom is 0.353 e. The number of nitrogens with one attached hydrogen (secondary N) is 1. The number of aromatic nitrogens is 2. The van der Waals surface area contributed by atoms with Crippen LogP contribution in [0.5, 0.6) is 0 Å². The molecule has 2 amide bonds. The van der Waals surface area contributed by atoms with Crippen LogP contribution in [0.15, 0.2) is 44.1 Å². The van der Waals surface area contributed by atoms with Gasteiger partial charge in [0.15, 0.2) is 16.8 Å². The Morgan fingerprint density at radius 3 is 2.84 bits per heavy atom. The highest BCUT2D eigenvalue weighted by Crippen LogP contribution is 2.46. The lowest BCUT2D eigenvalue weighted by atomic mass is 10.0. The summed E-state index contributed by atoms with van der Waals surface area (Å²) in [4.78, 5) is 58.4. The molecule has 1 saturated heterocycles. The quantitative estimate of drug-likeness (QED) is 0.0623. The molecule has 0 bridgehead atoms. The minimum atomic E-state index is -1.28. The van der Waals surface area contributed by atoms with E-state index < -0.39 is 48.2 Å². The molecule has 4 heterocycles. The summed E-state index contributed by atoms with van der Waals surface area (Å²) in [6.45, 7) is 0.608. The van der Waals surface area contributed by atoms with E-state index in [0.29, 0.717) is 16.4 Å². The van der Waals surface area contributed by atoms with E-state index in [0.717, 1.165) is 26.7 Å². The van der Waals surface area contributed by atoms with Crippen LogP contribution >= 0.6 is 58.2 Å². The van der Waals surface area contributed by atoms with Crippen LogP contribution in [-0.2, 0) is 25.0 Å². The third-order valence-electron chi connectivity index (χ3n) is 5.87. The van der Waals surface area contributed by atoms with Crippen molar-refractivity contribution in [3.8, 4) is 0 Å². The smallest absolute Gasteiger partial charge is 0.353 e. The Labute approximate surface area is 272 Å². The molecule has 1 unspecified atom stereocenters. The average molecular weight is 704 g/mol. The number of carbonyl (C=O) groups excluding carboxylic acids is 2. The maximum absolute atomic E-state index is 13.3. The number of hydrogen-bond acceptors (Lipinski definition) is 13. The number of nitrogens with two attached hydrogens (primary N) is 3. The van der Waals surface area contributed by atoms with E-state index in [4.69, 9.17) is 33.6 Å². The number of anilines is 1. The number of amides is 2. The molecule has 0 aromatic carbocycles. The number of carbonyl (C=O) groups is 3. The highest BCUT2D eigenvalue weighted by atomic mass is 35.5. The number of aliphatic carboxylic acids is 1. The molecule has 3 atom stereocenters. The molecule has 0 saturated carbocycles. The summed E-state index contributed by atoms with van der Waals surface area (Å²) in [5, 5.41) is 15.7. The number of thioether (sulfide) groups is 3. The summed E-state index contributed by atoms with van der Waals surface area (Å²) >= 11 is 11.2. The van der Waals surface area contributed by atoms with Crippen molar-refractivity contribution in [2.24, 2.45) is 21.6 Å². The fraction of sp³-hybridized carbons (Fsp3) is 0.375. The Bertz CT molecular complexity index is 1520. The number of β-lactam (4-membered cyclic amide) rings is 1. The number of aliphatic imine (C=N–C) groups is 1. The predicted octanol–water partition coefficient (Wildman–Crippen LogP) is 1.85. The van der Waals surface area contributed by atoms with Gasteiger partial charge < -0.3 is 32.5 Å². The lowest BCUT2D eigenvalue weighted by molar-refractivity contribution is -0.150. The summed E-state index contributed by atoms with van der Waals surface area (Å²) in [7, 11) is 0. The van der Waals surface area contributed by atoms with Gasteiger partial charge in [-0.25, -0.2) is 19.2 Å². The van der Waals surface area contributed by atoms with Crippen molar-refractivity contribution in [2.45, 2.75) is 35.0 Å². The second kappa shape index (κ2) is 15.2. The summed E-state index contributed by atoms with van der Waals surface area (Å²) in [6, 6.07) is 0.625. The van der Waals surface area contributed by atoms with Crippen molar-refractivity contribution >= 4 is 92.8 Å². The van der Waals surface area contributed by atoms with Crippen LogP contribution in [0.2, 0.25) is 4.34 Å². The minimum Gasteiger partial charge on any atom is -0.477 e. The molecular weight excluding hydrogens is 677 g/mol. The molecule has 14 nitrogen and oxygen atoms in total. The van der Waals surface area contributed by atoms with Crippen LogP contribution in [-0.4, -0.2) is 91.7 Å². The molecule has 1 fully saturated rings. The molecule has 44 heavy (non-hydrogen) atoms. The van der Waals surface area contributed by atoms with E-state index in [1.165, 1.54) is 23.5 Å². The number of hydrogen-bond donors (Lipinski definition) is 5. The zero-order valence-corrected chi connectivity index (χ0v) is 27.0. The van der Waals surface area contributed by atoms with Crippen LogP contribution in [0.25, 0.3) is 0 Å². The monoisotopic (exact) mass is 703 g/mol. The van der Waals surface area contributed by atoms with Crippen LogP contribution in [0, 0.1) is 0 Å². The number of rotatable bonds is 14. The molecule has 4 rings (SSSR count). The van der Waals surface area contributed by atoms with E-state index in [9.17, 15) is 23.9 Å². The summed E-state index contributed by atoms with van der Waals surface area (Å²) < 4.78 is 12.6. The van der Waals surface area contributed by atoms with E-state index >= 15 is 0 Å². The normalized spacial score (nSPS) is 18.8. The second-order valence-corrected chi connectivity index (χ2v) is 14.0. The number of pyridine rings is 1. The number of carboxylic acids is 1. The van der Waals surface area contributed by atoms with Crippen molar-refractivity contribution in [3.63, 3.8) is 0 Å². The lowest BCUT2D eigenvalue weighted by Gasteiger charge is -2.49.